The van der Waals surface area contributed by atoms with Crippen LogP contribution in [0.15, 0.2) is 53.4 Å². The summed E-state index contributed by atoms with van der Waals surface area (Å²) in [5, 5.41) is 0. The SMILES string of the molecule is CC1=NCCC(Oc2ccc3[nH]c(-c4ccc(C)nc4)nc3c2)=C1. The minimum Gasteiger partial charge on any atom is -0.462 e. The monoisotopic (exact) mass is 318 g/mol. The van der Waals surface area contributed by atoms with Gasteiger partial charge >= 0.3 is 0 Å². The van der Waals surface area contributed by atoms with E-state index in [1.807, 2.05) is 56.5 Å². The molecule has 1 aliphatic rings. The largest absolute Gasteiger partial charge is 0.462 e. The Hall–Kier alpha value is -2.95. The Morgan fingerprint density at radius 3 is 2.83 bits per heavy atom. The number of dihydropyridines is 1. The molecule has 0 aliphatic carbocycles. The van der Waals surface area contributed by atoms with E-state index in [9.17, 15) is 0 Å². The van der Waals surface area contributed by atoms with Crippen molar-refractivity contribution in [3.63, 3.8) is 0 Å². The molecule has 1 aromatic carbocycles. The van der Waals surface area contributed by atoms with E-state index in [0.717, 1.165) is 58.3 Å². The predicted molar refractivity (Wildman–Crippen MR) is 95.4 cm³/mol. The van der Waals surface area contributed by atoms with Crippen LogP contribution in [0.4, 0.5) is 0 Å². The number of aromatic nitrogens is 3. The molecule has 1 aliphatic heterocycles. The zero-order valence-electron chi connectivity index (χ0n) is 13.7. The quantitative estimate of drug-likeness (QED) is 0.792. The zero-order chi connectivity index (χ0) is 16.5. The van der Waals surface area contributed by atoms with Gasteiger partial charge in [-0.15, -0.1) is 0 Å². The lowest BCUT2D eigenvalue weighted by molar-refractivity contribution is 0.405. The standard InChI is InChI=1S/C19H18N4O/c1-12-3-4-14(11-21-12)19-22-17-6-5-15(10-18(17)23-19)24-16-7-8-20-13(2)9-16/h3-6,9-11H,7-8H2,1-2H3,(H,22,23). The van der Waals surface area contributed by atoms with Crippen molar-refractivity contribution in [1.82, 2.24) is 15.0 Å². The first-order valence-corrected chi connectivity index (χ1v) is 8.00. The van der Waals surface area contributed by atoms with E-state index in [1.54, 1.807) is 0 Å². The van der Waals surface area contributed by atoms with Gasteiger partial charge in [0.25, 0.3) is 0 Å². The highest BCUT2D eigenvalue weighted by molar-refractivity contribution is 5.93. The van der Waals surface area contributed by atoms with Gasteiger partial charge in [0.1, 0.15) is 17.3 Å². The fourth-order valence-electron chi connectivity index (χ4n) is 2.72. The maximum absolute atomic E-state index is 5.98. The summed E-state index contributed by atoms with van der Waals surface area (Å²) in [4.78, 5) is 16.7. The summed E-state index contributed by atoms with van der Waals surface area (Å²) in [5.74, 6) is 2.55. The molecule has 120 valence electrons. The van der Waals surface area contributed by atoms with Gasteiger partial charge in [-0.05, 0) is 44.2 Å². The number of imidazole rings is 1. The molecular weight excluding hydrogens is 300 g/mol. The third-order valence-electron chi connectivity index (χ3n) is 3.98. The van der Waals surface area contributed by atoms with E-state index in [0.29, 0.717) is 0 Å². The fraction of sp³-hybridized carbons (Fsp3) is 0.211. The van der Waals surface area contributed by atoms with Gasteiger partial charge in [0.05, 0.1) is 11.0 Å². The molecule has 5 nitrogen and oxygen atoms in total. The number of rotatable bonds is 3. The first-order valence-electron chi connectivity index (χ1n) is 8.00. The number of hydrogen-bond acceptors (Lipinski definition) is 4. The molecule has 0 fully saturated rings. The number of fused-ring (bicyclic) bond motifs is 1. The zero-order valence-corrected chi connectivity index (χ0v) is 13.7. The minimum atomic E-state index is 0.785. The van der Waals surface area contributed by atoms with Crippen molar-refractivity contribution < 1.29 is 4.74 Å². The molecule has 24 heavy (non-hydrogen) atoms. The first-order chi connectivity index (χ1) is 11.7. The Balaban J connectivity index is 1.64. The van der Waals surface area contributed by atoms with Crippen LogP contribution in [-0.4, -0.2) is 27.2 Å². The summed E-state index contributed by atoms with van der Waals surface area (Å²) in [5.41, 5.74) is 4.83. The third-order valence-corrected chi connectivity index (χ3v) is 3.98. The van der Waals surface area contributed by atoms with Gasteiger partial charge in [-0.2, -0.15) is 0 Å². The number of aromatic amines is 1. The van der Waals surface area contributed by atoms with Crippen LogP contribution in [-0.2, 0) is 0 Å². The number of allylic oxidation sites excluding steroid dienone is 1. The fourth-order valence-corrected chi connectivity index (χ4v) is 2.72. The second-order valence-electron chi connectivity index (χ2n) is 5.94. The number of nitrogens with zero attached hydrogens (tertiary/aromatic N) is 3. The molecule has 1 N–H and O–H groups in total. The molecule has 3 heterocycles. The molecule has 5 heteroatoms. The van der Waals surface area contributed by atoms with Crippen molar-refractivity contribution in [2.24, 2.45) is 4.99 Å². The van der Waals surface area contributed by atoms with E-state index in [1.165, 1.54) is 0 Å². The lowest BCUT2D eigenvalue weighted by Gasteiger charge is -2.12. The maximum Gasteiger partial charge on any atom is 0.140 e. The van der Waals surface area contributed by atoms with Crippen LogP contribution >= 0.6 is 0 Å². The Bertz CT molecular complexity index is 951. The van der Waals surface area contributed by atoms with E-state index in [4.69, 9.17) is 4.74 Å². The van der Waals surface area contributed by atoms with Gasteiger partial charge < -0.3 is 9.72 Å². The average molecular weight is 318 g/mol. The van der Waals surface area contributed by atoms with Crippen LogP contribution in [0.25, 0.3) is 22.4 Å². The van der Waals surface area contributed by atoms with E-state index in [2.05, 4.69) is 19.9 Å². The smallest absolute Gasteiger partial charge is 0.140 e. The van der Waals surface area contributed by atoms with E-state index >= 15 is 0 Å². The highest BCUT2D eigenvalue weighted by Crippen LogP contribution is 2.25. The van der Waals surface area contributed by atoms with E-state index in [-0.39, 0.29) is 0 Å². The molecule has 0 radical (unpaired) electrons. The first kappa shape index (κ1) is 14.6. The number of H-pyrrole nitrogens is 1. The molecule has 0 amide bonds. The number of aryl methyl sites for hydroxylation is 1. The third kappa shape index (κ3) is 2.93. The van der Waals surface area contributed by atoms with Crippen LogP contribution in [0.5, 0.6) is 5.75 Å². The lowest BCUT2D eigenvalue weighted by atomic mass is 10.2. The van der Waals surface area contributed by atoms with Crippen molar-refractivity contribution in [2.45, 2.75) is 20.3 Å². The highest BCUT2D eigenvalue weighted by atomic mass is 16.5. The van der Waals surface area contributed by atoms with Crippen LogP contribution in [0.2, 0.25) is 0 Å². The Kier molecular flexibility index (Phi) is 3.61. The Morgan fingerprint density at radius 1 is 1.12 bits per heavy atom. The lowest BCUT2D eigenvalue weighted by Crippen LogP contribution is -2.06. The second kappa shape index (κ2) is 5.92. The molecular formula is C19H18N4O. The summed E-state index contributed by atoms with van der Waals surface area (Å²) < 4.78 is 5.98. The van der Waals surface area contributed by atoms with Gasteiger partial charge in [0, 0.05) is 42.2 Å². The van der Waals surface area contributed by atoms with Gasteiger partial charge in [-0.1, -0.05) is 0 Å². The number of hydrogen-bond donors (Lipinski definition) is 1. The molecule has 0 unspecified atom stereocenters. The number of ether oxygens (including phenoxy) is 1. The highest BCUT2D eigenvalue weighted by Gasteiger charge is 2.09. The van der Waals surface area contributed by atoms with E-state index < -0.39 is 0 Å². The number of pyridine rings is 1. The summed E-state index contributed by atoms with van der Waals surface area (Å²) >= 11 is 0. The predicted octanol–water partition coefficient (Wildman–Crippen LogP) is 4.06. The number of nitrogens with one attached hydrogen (secondary N) is 1. The van der Waals surface area contributed by atoms with Crippen LogP contribution in [0.1, 0.15) is 19.0 Å². The van der Waals surface area contributed by atoms with Crippen LogP contribution < -0.4 is 4.74 Å². The second-order valence-corrected chi connectivity index (χ2v) is 5.94. The van der Waals surface area contributed by atoms with Gasteiger partial charge in [-0.3, -0.25) is 9.98 Å². The normalized spacial score (nSPS) is 14.4. The van der Waals surface area contributed by atoms with Crippen LogP contribution in [0.3, 0.4) is 0 Å². The van der Waals surface area contributed by atoms with Gasteiger partial charge in [0.15, 0.2) is 0 Å². The molecule has 4 rings (SSSR count). The van der Waals surface area contributed by atoms with Gasteiger partial charge in [-0.25, -0.2) is 4.98 Å². The molecule has 0 saturated carbocycles. The number of aliphatic imine (C=N–C) groups is 1. The molecule has 3 aromatic rings. The van der Waals surface area contributed by atoms with Crippen molar-refractivity contribution in [3.05, 3.63) is 54.1 Å². The van der Waals surface area contributed by atoms with Crippen LogP contribution in [0, 0.1) is 6.92 Å². The summed E-state index contributed by atoms with van der Waals surface area (Å²) in [6.45, 7) is 4.74. The molecule has 0 bridgehead atoms. The Morgan fingerprint density at radius 2 is 2.04 bits per heavy atom. The molecule has 0 saturated heterocycles. The molecule has 0 atom stereocenters. The minimum absolute atomic E-state index is 0.785. The molecule has 2 aromatic heterocycles. The summed E-state index contributed by atoms with van der Waals surface area (Å²) in [6.07, 6.45) is 4.65. The summed E-state index contributed by atoms with van der Waals surface area (Å²) in [6, 6.07) is 9.91. The molecule has 0 spiro atoms. The van der Waals surface area contributed by atoms with Crippen molar-refractivity contribution in [1.29, 1.82) is 0 Å². The Labute approximate surface area is 140 Å². The maximum atomic E-state index is 5.98. The van der Waals surface area contributed by atoms with Crippen molar-refractivity contribution in [2.75, 3.05) is 6.54 Å². The summed E-state index contributed by atoms with van der Waals surface area (Å²) in [7, 11) is 0. The topological polar surface area (TPSA) is 63.2 Å². The van der Waals surface area contributed by atoms with Crippen molar-refractivity contribution >= 4 is 16.7 Å². The number of benzene rings is 1. The average Bonchev–Trinajstić information content (AvgIpc) is 2.99. The van der Waals surface area contributed by atoms with Crippen molar-refractivity contribution in [3.8, 4) is 17.1 Å². The van der Waals surface area contributed by atoms with Gasteiger partial charge in [0.2, 0.25) is 0 Å².